The zero-order valence-electron chi connectivity index (χ0n) is 16.9. The Morgan fingerprint density at radius 3 is 2.10 bits per heavy atom. The molecule has 1 amide bonds. The third-order valence-electron chi connectivity index (χ3n) is 4.28. The number of nitrogens with one attached hydrogen (secondary N) is 2. The average Bonchev–Trinajstić information content (AvgIpc) is 2.68. The molecule has 29 heavy (non-hydrogen) atoms. The average molecular weight is 389 g/mol. The van der Waals surface area contributed by atoms with Gasteiger partial charge in [-0.15, -0.1) is 0 Å². The van der Waals surface area contributed by atoms with E-state index in [4.69, 9.17) is 0 Å². The summed E-state index contributed by atoms with van der Waals surface area (Å²) in [6.45, 7) is 3.23. The lowest BCUT2D eigenvalue weighted by Crippen LogP contribution is -2.15. The van der Waals surface area contributed by atoms with Gasteiger partial charge in [0.1, 0.15) is 17.3 Å². The van der Waals surface area contributed by atoms with Crippen LogP contribution in [0.2, 0.25) is 0 Å². The van der Waals surface area contributed by atoms with Gasteiger partial charge in [-0.1, -0.05) is 0 Å². The van der Waals surface area contributed by atoms with Crippen molar-refractivity contribution in [2.24, 2.45) is 0 Å². The number of aromatic nitrogens is 2. The maximum absolute atomic E-state index is 12.6. The predicted octanol–water partition coefficient (Wildman–Crippen LogP) is 4.05. The number of hydrogen-bond acceptors (Lipinski definition) is 6. The van der Waals surface area contributed by atoms with E-state index in [9.17, 15) is 9.59 Å². The highest BCUT2D eigenvalue weighted by molar-refractivity contribution is 6.03. The first-order chi connectivity index (χ1) is 13.8. The Bertz CT molecular complexity index is 1030. The molecule has 0 atom stereocenters. The molecule has 0 aliphatic carbocycles. The summed E-state index contributed by atoms with van der Waals surface area (Å²) in [4.78, 5) is 34.6. The predicted molar refractivity (Wildman–Crippen MR) is 115 cm³/mol. The van der Waals surface area contributed by atoms with Crippen LogP contribution < -0.4 is 15.5 Å². The molecule has 7 heteroatoms. The van der Waals surface area contributed by atoms with Crippen molar-refractivity contribution in [2.45, 2.75) is 13.8 Å². The molecule has 0 saturated carbocycles. The van der Waals surface area contributed by atoms with E-state index in [2.05, 4.69) is 20.6 Å². The van der Waals surface area contributed by atoms with E-state index in [0.717, 1.165) is 11.4 Å². The monoisotopic (exact) mass is 389 g/mol. The van der Waals surface area contributed by atoms with Crippen LogP contribution in [0.1, 0.15) is 33.6 Å². The van der Waals surface area contributed by atoms with E-state index >= 15 is 0 Å². The minimum Gasteiger partial charge on any atom is -0.378 e. The lowest BCUT2D eigenvalue weighted by atomic mass is 10.1. The molecular weight excluding hydrogens is 366 g/mol. The normalized spacial score (nSPS) is 10.3. The van der Waals surface area contributed by atoms with E-state index in [0.29, 0.717) is 22.9 Å². The van der Waals surface area contributed by atoms with Crippen LogP contribution in [0, 0.1) is 6.92 Å². The van der Waals surface area contributed by atoms with Gasteiger partial charge < -0.3 is 15.5 Å². The lowest BCUT2D eigenvalue weighted by molar-refractivity contribution is 0.101. The number of rotatable bonds is 6. The van der Waals surface area contributed by atoms with Crippen molar-refractivity contribution in [1.29, 1.82) is 0 Å². The van der Waals surface area contributed by atoms with Crippen LogP contribution in [-0.2, 0) is 0 Å². The standard InChI is InChI=1S/C22H23N5O2/c1-14(28)16-5-7-18(8-6-16)26-22(29)20-13-21(24-15(2)23-20)25-17-9-11-19(12-10-17)27(3)4/h5-13H,1-4H3,(H,26,29)(H,23,24,25). The Morgan fingerprint density at radius 1 is 0.897 bits per heavy atom. The highest BCUT2D eigenvalue weighted by Crippen LogP contribution is 2.20. The number of carbonyl (C=O) groups is 2. The van der Waals surface area contributed by atoms with E-state index < -0.39 is 0 Å². The van der Waals surface area contributed by atoms with Gasteiger partial charge in [-0.05, 0) is 62.4 Å². The summed E-state index contributed by atoms with van der Waals surface area (Å²) in [5.74, 6) is 0.643. The number of Topliss-reactive ketones (excluding diaryl/α,β-unsaturated/α-hetero) is 1. The van der Waals surface area contributed by atoms with Gasteiger partial charge in [-0.25, -0.2) is 9.97 Å². The van der Waals surface area contributed by atoms with Gasteiger partial charge in [0.15, 0.2) is 5.78 Å². The molecule has 0 fully saturated rings. The van der Waals surface area contributed by atoms with E-state index in [1.54, 1.807) is 37.3 Å². The van der Waals surface area contributed by atoms with Gasteiger partial charge in [-0.2, -0.15) is 0 Å². The van der Waals surface area contributed by atoms with Gasteiger partial charge in [0, 0.05) is 42.8 Å². The molecule has 0 aliphatic rings. The van der Waals surface area contributed by atoms with Crippen LogP contribution in [0.5, 0.6) is 0 Å². The number of hydrogen-bond donors (Lipinski definition) is 2. The number of ketones is 1. The highest BCUT2D eigenvalue weighted by Gasteiger charge is 2.12. The molecule has 3 aromatic rings. The molecular formula is C22H23N5O2. The maximum atomic E-state index is 12.6. The van der Waals surface area contributed by atoms with E-state index in [1.165, 1.54) is 6.92 Å². The topological polar surface area (TPSA) is 87.2 Å². The molecule has 3 rings (SSSR count). The van der Waals surface area contributed by atoms with Crippen molar-refractivity contribution in [3.05, 3.63) is 71.7 Å². The summed E-state index contributed by atoms with van der Waals surface area (Å²) in [7, 11) is 3.96. The van der Waals surface area contributed by atoms with Crippen molar-refractivity contribution >= 4 is 34.6 Å². The number of carbonyl (C=O) groups excluding carboxylic acids is 2. The Balaban J connectivity index is 1.75. The van der Waals surface area contributed by atoms with E-state index in [-0.39, 0.29) is 17.4 Å². The van der Waals surface area contributed by atoms with Gasteiger partial charge in [0.2, 0.25) is 0 Å². The zero-order valence-corrected chi connectivity index (χ0v) is 16.9. The minimum atomic E-state index is -0.350. The van der Waals surface area contributed by atoms with Crippen LogP contribution in [0.4, 0.5) is 22.9 Å². The second kappa shape index (κ2) is 8.52. The van der Waals surface area contributed by atoms with E-state index in [1.807, 2.05) is 43.3 Å². The van der Waals surface area contributed by atoms with Crippen LogP contribution in [0.3, 0.4) is 0 Å². The second-order valence-electron chi connectivity index (χ2n) is 6.84. The van der Waals surface area contributed by atoms with Crippen LogP contribution in [0.25, 0.3) is 0 Å². The minimum absolute atomic E-state index is 0.0244. The first-order valence-electron chi connectivity index (χ1n) is 9.14. The SMILES string of the molecule is CC(=O)c1ccc(NC(=O)c2cc(Nc3ccc(N(C)C)cc3)nc(C)n2)cc1. The summed E-state index contributed by atoms with van der Waals surface area (Å²) in [5, 5.41) is 5.99. The summed E-state index contributed by atoms with van der Waals surface area (Å²) >= 11 is 0. The second-order valence-corrected chi connectivity index (χ2v) is 6.84. The molecule has 148 valence electrons. The Kier molecular flexibility index (Phi) is 5.87. The molecule has 0 unspecified atom stereocenters. The third-order valence-corrected chi connectivity index (χ3v) is 4.28. The van der Waals surface area contributed by atoms with Crippen molar-refractivity contribution in [1.82, 2.24) is 9.97 Å². The van der Waals surface area contributed by atoms with Gasteiger partial charge in [0.05, 0.1) is 0 Å². The molecule has 0 spiro atoms. The lowest BCUT2D eigenvalue weighted by Gasteiger charge is -2.13. The highest BCUT2D eigenvalue weighted by atomic mass is 16.2. The largest absolute Gasteiger partial charge is 0.378 e. The maximum Gasteiger partial charge on any atom is 0.274 e. The molecule has 1 heterocycles. The Hall–Kier alpha value is -3.74. The third kappa shape index (κ3) is 5.16. The summed E-state index contributed by atoms with van der Waals surface area (Å²) in [5.41, 5.74) is 3.38. The first-order valence-corrected chi connectivity index (χ1v) is 9.14. The molecule has 1 aromatic heterocycles. The molecule has 2 aromatic carbocycles. The molecule has 0 bridgehead atoms. The number of benzene rings is 2. The number of anilines is 4. The summed E-state index contributed by atoms with van der Waals surface area (Å²) < 4.78 is 0. The zero-order chi connectivity index (χ0) is 21.0. The quantitative estimate of drug-likeness (QED) is 0.619. The molecule has 7 nitrogen and oxygen atoms in total. The van der Waals surface area contributed by atoms with Crippen LogP contribution >= 0.6 is 0 Å². The molecule has 0 radical (unpaired) electrons. The Labute approximate surface area is 169 Å². The fourth-order valence-corrected chi connectivity index (χ4v) is 2.72. The van der Waals surface area contributed by atoms with Gasteiger partial charge in [-0.3, -0.25) is 9.59 Å². The Morgan fingerprint density at radius 2 is 1.52 bits per heavy atom. The van der Waals surface area contributed by atoms with Crippen LogP contribution in [0.15, 0.2) is 54.6 Å². The van der Waals surface area contributed by atoms with Gasteiger partial charge >= 0.3 is 0 Å². The van der Waals surface area contributed by atoms with Crippen molar-refractivity contribution in [3.63, 3.8) is 0 Å². The van der Waals surface area contributed by atoms with Crippen molar-refractivity contribution < 1.29 is 9.59 Å². The number of nitrogens with zero attached hydrogens (tertiary/aromatic N) is 3. The number of aryl methyl sites for hydroxylation is 1. The summed E-state index contributed by atoms with van der Waals surface area (Å²) in [6, 6.07) is 16.2. The number of amides is 1. The molecule has 0 saturated heterocycles. The van der Waals surface area contributed by atoms with Crippen molar-refractivity contribution in [3.8, 4) is 0 Å². The van der Waals surface area contributed by atoms with Crippen molar-refractivity contribution in [2.75, 3.05) is 29.6 Å². The molecule has 0 aliphatic heterocycles. The smallest absolute Gasteiger partial charge is 0.274 e. The first kappa shape index (κ1) is 20.0. The fourth-order valence-electron chi connectivity index (χ4n) is 2.72. The fraction of sp³-hybridized carbons (Fsp3) is 0.182. The van der Waals surface area contributed by atoms with Crippen LogP contribution in [-0.4, -0.2) is 35.8 Å². The summed E-state index contributed by atoms with van der Waals surface area (Å²) in [6.07, 6.45) is 0. The molecule has 2 N–H and O–H groups in total. The van der Waals surface area contributed by atoms with Gasteiger partial charge in [0.25, 0.3) is 5.91 Å².